The van der Waals surface area contributed by atoms with Gasteiger partial charge in [0.25, 0.3) is 0 Å². The third kappa shape index (κ3) is 2.29. The van der Waals surface area contributed by atoms with E-state index in [1.165, 1.54) is 24.3 Å². The van der Waals surface area contributed by atoms with Gasteiger partial charge < -0.3 is 4.74 Å². The van der Waals surface area contributed by atoms with Crippen LogP contribution in [0.1, 0.15) is 12.8 Å². The average Bonchev–Trinajstić information content (AvgIpc) is 2.76. The van der Waals surface area contributed by atoms with E-state index in [1.54, 1.807) is 0 Å². The molecule has 7 heteroatoms. The van der Waals surface area contributed by atoms with Gasteiger partial charge in [0.1, 0.15) is 0 Å². The monoisotopic (exact) mass is 250 g/mol. The highest BCUT2D eigenvalue weighted by Gasteiger charge is 2.29. The van der Waals surface area contributed by atoms with Crippen LogP contribution in [-0.2, 0) is 4.79 Å². The predicted octanol–water partition coefficient (Wildman–Crippen LogP) is 1.72. The maximum Gasteiger partial charge on any atom is 0.422 e. The lowest BCUT2D eigenvalue weighted by molar-refractivity contribution is -0.385. The van der Waals surface area contributed by atoms with Gasteiger partial charge in [-0.2, -0.15) is 0 Å². The fourth-order valence-electron chi connectivity index (χ4n) is 1.68. The van der Waals surface area contributed by atoms with Gasteiger partial charge in [-0.3, -0.25) is 14.9 Å². The molecule has 1 fully saturated rings. The van der Waals surface area contributed by atoms with Gasteiger partial charge in [0.05, 0.1) is 4.92 Å². The highest BCUT2D eigenvalue weighted by molar-refractivity contribution is 5.94. The summed E-state index contributed by atoms with van der Waals surface area (Å²) in [5.41, 5.74) is -0.308. The second-order valence-corrected chi connectivity index (χ2v) is 3.74. The number of imide groups is 1. The molecule has 0 spiro atoms. The lowest BCUT2D eigenvalue weighted by Crippen LogP contribution is -2.34. The largest absolute Gasteiger partial charge is 0.422 e. The smallest absolute Gasteiger partial charge is 0.403 e. The molecule has 1 heterocycles. The molecule has 0 N–H and O–H groups in total. The second kappa shape index (κ2) is 4.82. The zero-order valence-corrected chi connectivity index (χ0v) is 9.37. The standard InChI is InChI=1S/C11H10N2O5/c14-10-6-3-7-12(10)11(15)18-9-5-2-1-4-8(9)13(16)17/h1-2,4-5H,3,6-7H2. The topological polar surface area (TPSA) is 89.8 Å². The van der Waals surface area contributed by atoms with Crippen LogP contribution in [-0.4, -0.2) is 28.4 Å². The molecule has 1 aromatic rings. The van der Waals surface area contributed by atoms with Crippen LogP contribution in [0.2, 0.25) is 0 Å². The van der Waals surface area contributed by atoms with Crippen molar-refractivity contribution in [3.63, 3.8) is 0 Å². The molecular formula is C11H10N2O5. The van der Waals surface area contributed by atoms with Crippen LogP contribution in [0.25, 0.3) is 0 Å². The van der Waals surface area contributed by atoms with E-state index < -0.39 is 11.0 Å². The number of rotatable bonds is 2. The Morgan fingerprint density at radius 2 is 2.11 bits per heavy atom. The number of benzene rings is 1. The molecule has 2 amide bonds. The van der Waals surface area contributed by atoms with Crippen molar-refractivity contribution < 1.29 is 19.2 Å². The highest BCUT2D eigenvalue weighted by Crippen LogP contribution is 2.26. The molecule has 0 unspecified atom stereocenters. The van der Waals surface area contributed by atoms with Crippen molar-refractivity contribution in [3.05, 3.63) is 34.4 Å². The molecule has 0 aliphatic carbocycles. The number of hydrogen-bond donors (Lipinski definition) is 0. The number of hydrogen-bond acceptors (Lipinski definition) is 5. The summed E-state index contributed by atoms with van der Waals surface area (Å²) in [4.78, 5) is 34.0. The molecule has 0 radical (unpaired) electrons. The van der Waals surface area contributed by atoms with Crippen LogP contribution < -0.4 is 4.74 Å². The Morgan fingerprint density at radius 3 is 2.72 bits per heavy atom. The lowest BCUT2D eigenvalue weighted by Gasteiger charge is -2.12. The minimum absolute atomic E-state index is 0.160. The lowest BCUT2D eigenvalue weighted by atomic mass is 10.3. The van der Waals surface area contributed by atoms with Gasteiger partial charge in [0.2, 0.25) is 11.7 Å². The Hall–Kier alpha value is -2.44. The number of ether oxygens (including phenoxy) is 1. The Labute approximate surface area is 102 Å². The van der Waals surface area contributed by atoms with Crippen LogP contribution in [0.5, 0.6) is 5.75 Å². The number of nitrogens with zero attached hydrogens (tertiary/aromatic N) is 2. The molecule has 18 heavy (non-hydrogen) atoms. The number of carbonyl (C=O) groups is 2. The van der Waals surface area contributed by atoms with E-state index in [1.807, 2.05) is 0 Å². The van der Waals surface area contributed by atoms with Gasteiger partial charge in [-0.1, -0.05) is 12.1 Å². The minimum atomic E-state index is -0.869. The molecule has 0 bridgehead atoms. The zero-order chi connectivity index (χ0) is 13.1. The maximum absolute atomic E-state index is 11.7. The predicted molar refractivity (Wildman–Crippen MR) is 60.1 cm³/mol. The summed E-state index contributed by atoms with van der Waals surface area (Å²) in [6.45, 7) is 0.290. The number of nitro groups is 1. The van der Waals surface area contributed by atoms with Gasteiger partial charge in [-0.05, 0) is 12.5 Å². The summed E-state index contributed by atoms with van der Waals surface area (Å²) >= 11 is 0. The van der Waals surface area contributed by atoms with E-state index in [0.717, 1.165) is 4.90 Å². The van der Waals surface area contributed by atoms with Crippen LogP contribution in [0.15, 0.2) is 24.3 Å². The molecule has 1 aromatic carbocycles. The number of nitro benzene ring substituents is 1. The van der Waals surface area contributed by atoms with Crippen molar-refractivity contribution in [2.45, 2.75) is 12.8 Å². The molecule has 7 nitrogen and oxygen atoms in total. The Balaban J connectivity index is 2.16. The van der Waals surface area contributed by atoms with Gasteiger partial charge in [0.15, 0.2) is 0 Å². The first-order valence-corrected chi connectivity index (χ1v) is 5.35. The van der Waals surface area contributed by atoms with Crippen molar-refractivity contribution >= 4 is 17.7 Å². The van der Waals surface area contributed by atoms with Gasteiger partial charge in [-0.25, -0.2) is 9.69 Å². The summed E-state index contributed by atoms with van der Waals surface area (Å²) in [6.07, 6.45) is 0.0170. The number of para-hydroxylation sites is 2. The van der Waals surface area contributed by atoms with Crippen LogP contribution in [0.3, 0.4) is 0 Å². The van der Waals surface area contributed by atoms with Crippen molar-refractivity contribution in [1.82, 2.24) is 4.90 Å². The Bertz CT molecular complexity index is 514. The van der Waals surface area contributed by atoms with Crippen molar-refractivity contribution in [3.8, 4) is 5.75 Å². The summed E-state index contributed by atoms with van der Waals surface area (Å²) in [6, 6.07) is 5.53. The van der Waals surface area contributed by atoms with E-state index in [-0.39, 0.29) is 23.9 Å². The van der Waals surface area contributed by atoms with Crippen LogP contribution in [0, 0.1) is 10.1 Å². The van der Waals surface area contributed by atoms with Gasteiger partial charge in [-0.15, -0.1) is 0 Å². The minimum Gasteiger partial charge on any atom is -0.403 e. The summed E-state index contributed by atoms with van der Waals surface area (Å²) in [5.74, 6) is -0.481. The SMILES string of the molecule is O=C1CCCN1C(=O)Oc1ccccc1[N+](=O)[O-]. The first kappa shape index (κ1) is 12.0. The van der Waals surface area contributed by atoms with E-state index in [2.05, 4.69) is 0 Å². The molecule has 1 aliphatic rings. The van der Waals surface area contributed by atoms with Crippen molar-refractivity contribution in [2.75, 3.05) is 6.54 Å². The highest BCUT2D eigenvalue weighted by atomic mass is 16.6. The molecule has 1 aliphatic heterocycles. The third-order valence-electron chi connectivity index (χ3n) is 2.55. The molecular weight excluding hydrogens is 240 g/mol. The van der Waals surface area contributed by atoms with Gasteiger partial charge >= 0.3 is 11.8 Å². The second-order valence-electron chi connectivity index (χ2n) is 3.74. The third-order valence-corrected chi connectivity index (χ3v) is 2.55. The van der Waals surface area contributed by atoms with E-state index >= 15 is 0 Å². The first-order valence-electron chi connectivity index (χ1n) is 5.35. The van der Waals surface area contributed by atoms with Gasteiger partial charge in [0, 0.05) is 19.0 Å². The maximum atomic E-state index is 11.7. The fraction of sp³-hybridized carbons (Fsp3) is 0.273. The average molecular weight is 250 g/mol. The first-order chi connectivity index (χ1) is 8.59. The number of amides is 2. The zero-order valence-electron chi connectivity index (χ0n) is 9.37. The molecule has 1 saturated heterocycles. The molecule has 0 atom stereocenters. The van der Waals surface area contributed by atoms with E-state index in [9.17, 15) is 19.7 Å². The van der Waals surface area contributed by atoms with Crippen molar-refractivity contribution in [1.29, 1.82) is 0 Å². The molecule has 2 rings (SSSR count). The van der Waals surface area contributed by atoms with Crippen LogP contribution >= 0.6 is 0 Å². The summed E-state index contributed by atoms with van der Waals surface area (Å²) in [5, 5.41) is 10.7. The fourth-order valence-corrected chi connectivity index (χ4v) is 1.68. The Kier molecular flexibility index (Phi) is 3.22. The summed E-state index contributed by atoms with van der Waals surface area (Å²) < 4.78 is 4.89. The summed E-state index contributed by atoms with van der Waals surface area (Å²) in [7, 11) is 0. The molecule has 0 saturated carbocycles. The number of likely N-dealkylation sites (tertiary alicyclic amines) is 1. The van der Waals surface area contributed by atoms with E-state index in [0.29, 0.717) is 12.8 Å². The Morgan fingerprint density at radius 1 is 1.39 bits per heavy atom. The quantitative estimate of drug-likeness (QED) is 0.588. The number of carbonyl (C=O) groups excluding carboxylic acids is 2. The normalized spacial score (nSPS) is 14.7. The van der Waals surface area contributed by atoms with Crippen LogP contribution in [0.4, 0.5) is 10.5 Å². The van der Waals surface area contributed by atoms with E-state index in [4.69, 9.17) is 4.74 Å². The molecule has 94 valence electrons. The van der Waals surface area contributed by atoms with Crippen molar-refractivity contribution in [2.24, 2.45) is 0 Å². The molecule has 0 aromatic heterocycles.